The van der Waals surface area contributed by atoms with Crippen molar-refractivity contribution in [3.8, 4) is 0 Å². The molecule has 0 fully saturated rings. The number of tetrazole rings is 1. The summed E-state index contributed by atoms with van der Waals surface area (Å²) in [5, 5.41) is 10.7. The maximum atomic E-state index is 12.7. The molecule has 86 valence electrons. The summed E-state index contributed by atoms with van der Waals surface area (Å²) in [5.41, 5.74) is 0.517. The molecule has 0 spiro atoms. The molecule has 1 aromatic carbocycles. The van der Waals surface area contributed by atoms with Crippen molar-refractivity contribution in [2.45, 2.75) is 0 Å². The van der Waals surface area contributed by atoms with Crippen LogP contribution in [0.15, 0.2) is 30.8 Å². The van der Waals surface area contributed by atoms with Crippen molar-refractivity contribution >= 4 is 11.4 Å². The largest absolute Gasteiger partial charge is 0.288 e. The Balaban J connectivity index is 2.30. The summed E-state index contributed by atoms with van der Waals surface area (Å²) in [6, 6.07) is 5.23. The smallest absolute Gasteiger partial charge is 0.196 e. The zero-order valence-corrected chi connectivity index (χ0v) is 9.09. The molecule has 0 saturated carbocycles. The Morgan fingerprint density at radius 2 is 2.00 bits per heavy atom. The van der Waals surface area contributed by atoms with Crippen LogP contribution < -0.4 is 0 Å². The van der Waals surface area contributed by atoms with Crippen molar-refractivity contribution in [3.05, 3.63) is 48.0 Å². The fourth-order valence-corrected chi connectivity index (χ4v) is 1.36. The van der Waals surface area contributed by atoms with Gasteiger partial charge >= 0.3 is 0 Å². The molecule has 0 aliphatic heterocycles. The number of ketones is 1. The van der Waals surface area contributed by atoms with Gasteiger partial charge in [0, 0.05) is 12.6 Å². The normalized spacial score (nSPS) is 10.2. The molecule has 5 nitrogen and oxygen atoms in total. The Labute approximate surface area is 96.6 Å². The summed E-state index contributed by atoms with van der Waals surface area (Å²) in [6.45, 7) is 3.65. The SMILES string of the molecule is C=C(C(=O)c1ccc(F)cc1)c1nnnn1C. The van der Waals surface area contributed by atoms with Crippen LogP contribution in [0.4, 0.5) is 4.39 Å². The van der Waals surface area contributed by atoms with Gasteiger partial charge in [-0.3, -0.25) is 4.79 Å². The molecule has 0 radical (unpaired) electrons. The molecule has 2 rings (SSSR count). The first kappa shape index (κ1) is 11.1. The summed E-state index contributed by atoms with van der Waals surface area (Å²) in [7, 11) is 1.61. The van der Waals surface area contributed by atoms with Crippen LogP contribution in [-0.4, -0.2) is 26.0 Å². The molecule has 2 aromatic rings. The number of carbonyl (C=O) groups is 1. The Bertz CT molecular complexity index is 573. The average Bonchev–Trinajstić information content (AvgIpc) is 2.74. The first-order chi connectivity index (χ1) is 8.09. The molecule has 0 aliphatic carbocycles. The summed E-state index contributed by atoms with van der Waals surface area (Å²) in [5.74, 6) is -0.435. The lowest BCUT2D eigenvalue weighted by atomic mass is 10.0. The Morgan fingerprint density at radius 1 is 1.35 bits per heavy atom. The number of Topliss-reactive ketones (excluding diaryl/α,β-unsaturated/α-hetero) is 1. The molecule has 1 heterocycles. The molecule has 0 atom stereocenters. The number of aromatic nitrogens is 4. The number of benzene rings is 1. The predicted octanol–water partition coefficient (Wildman–Crippen LogP) is 1.25. The highest BCUT2D eigenvalue weighted by atomic mass is 19.1. The molecule has 0 saturated heterocycles. The zero-order chi connectivity index (χ0) is 12.4. The van der Waals surface area contributed by atoms with Gasteiger partial charge in [0.2, 0.25) is 0 Å². The van der Waals surface area contributed by atoms with Gasteiger partial charge in [-0.25, -0.2) is 9.07 Å². The highest BCUT2D eigenvalue weighted by Crippen LogP contribution is 2.15. The van der Waals surface area contributed by atoms with Gasteiger partial charge < -0.3 is 0 Å². The van der Waals surface area contributed by atoms with Crippen molar-refractivity contribution < 1.29 is 9.18 Å². The maximum absolute atomic E-state index is 12.7. The quantitative estimate of drug-likeness (QED) is 0.590. The maximum Gasteiger partial charge on any atom is 0.196 e. The number of hydrogen-bond acceptors (Lipinski definition) is 4. The monoisotopic (exact) mass is 232 g/mol. The van der Waals surface area contributed by atoms with E-state index in [0.717, 1.165) is 0 Å². The number of halogens is 1. The number of rotatable bonds is 3. The number of nitrogens with zero attached hydrogens (tertiary/aromatic N) is 4. The first-order valence-electron chi connectivity index (χ1n) is 4.81. The van der Waals surface area contributed by atoms with E-state index in [2.05, 4.69) is 22.1 Å². The average molecular weight is 232 g/mol. The van der Waals surface area contributed by atoms with Crippen LogP contribution in [0, 0.1) is 5.82 Å². The van der Waals surface area contributed by atoms with Crippen LogP contribution in [0.5, 0.6) is 0 Å². The van der Waals surface area contributed by atoms with Crippen LogP contribution in [0.2, 0.25) is 0 Å². The van der Waals surface area contributed by atoms with E-state index in [0.29, 0.717) is 11.4 Å². The molecular weight excluding hydrogens is 223 g/mol. The van der Waals surface area contributed by atoms with Crippen LogP contribution in [0.1, 0.15) is 16.2 Å². The molecule has 0 amide bonds. The lowest BCUT2D eigenvalue weighted by Gasteiger charge is -2.02. The van der Waals surface area contributed by atoms with E-state index >= 15 is 0 Å². The van der Waals surface area contributed by atoms with Gasteiger partial charge in [-0.1, -0.05) is 6.58 Å². The second kappa shape index (κ2) is 4.25. The van der Waals surface area contributed by atoms with Crippen molar-refractivity contribution in [3.63, 3.8) is 0 Å². The standard InChI is InChI=1S/C11H9FN4O/c1-7(11-13-14-15-16(11)2)10(17)8-3-5-9(12)6-4-8/h3-6H,1H2,2H3. The third-order valence-corrected chi connectivity index (χ3v) is 2.27. The van der Waals surface area contributed by atoms with Crippen LogP contribution in [-0.2, 0) is 7.05 Å². The minimum atomic E-state index is -0.396. The minimum Gasteiger partial charge on any atom is -0.288 e. The number of hydrogen-bond donors (Lipinski definition) is 0. The molecule has 17 heavy (non-hydrogen) atoms. The third-order valence-electron chi connectivity index (χ3n) is 2.27. The van der Waals surface area contributed by atoms with E-state index in [1.54, 1.807) is 7.05 Å². The lowest BCUT2D eigenvalue weighted by Crippen LogP contribution is -2.07. The van der Waals surface area contributed by atoms with Gasteiger partial charge in [-0.15, -0.1) is 5.10 Å². The Kier molecular flexibility index (Phi) is 2.78. The summed E-state index contributed by atoms with van der Waals surface area (Å²) in [4.78, 5) is 12.0. The molecular formula is C11H9FN4O. The topological polar surface area (TPSA) is 60.7 Å². The molecule has 0 N–H and O–H groups in total. The summed E-state index contributed by atoms with van der Waals surface area (Å²) < 4.78 is 14.1. The van der Waals surface area contributed by atoms with Crippen molar-refractivity contribution in [2.24, 2.45) is 7.05 Å². The lowest BCUT2D eigenvalue weighted by molar-refractivity contribution is 0.105. The fraction of sp³-hybridized carbons (Fsp3) is 0.0909. The highest BCUT2D eigenvalue weighted by molar-refractivity contribution is 6.27. The van der Waals surface area contributed by atoms with Gasteiger partial charge in [-0.05, 0) is 34.7 Å². The van der Waals surface area contributed by atoms with E-state index in [4.69, 9.17) is 0 Å². The van der Waals surface area contributed by atoms with Gasteiger partial charge in [0.05, 0.1) is 5.57 Å². The summed E-state index contributed by atoms with van der Waals surface area (Å²) in [6.07, 6.45) is 0. The van der Waals surface area contributed by atoms with Crippen molar-refractivity contribution in [1.82, 2.24) is 20.2 Å². The van der Waals surface area contributed by atoms with Gasteiger partial charge in [0.1, 0.15) is 5.82 Å². The molecule has 1 aromatic heterocycles. The number of carbonyl (C=O) groups excluding carboxylic acids is 1. The van der Waals surface area contributed by atoms with E-state index in [9.17, 15) is 9.18 Å². The van der Waals surface area contributed by atoms with Gasteiger partial charge in [0.25, 0.3) is 0 Å². The highest BCUT2D eigenvalue weighted by Gasteiger charge is 2.16. The fourth-order valence-electron chi connectivity index (χ4n) is 1.36. The van der Waals surface area contributed by atoms with Crippen molar-refractivity contribution in [2.75, 3.05) is 0 Å². The zero-order valence-electron chi connectivity index (χ0n) is 9.09. The van der Waals surface area contributed by atoms with E-state index in [-0.39, 0.29) is 11.4 Å². The molecule has 6 heteroatoms. The van der Waals surface area contributed by atoms with Gasteiger partial charge in [0.15, 0.2) is 11.6 Å². The minimum absolute atomic E-state index is 0.170. The van der Waals surface area contributed by atoms with Crippen LogP contribution in [0.25, 0.3) is 5.57 Å². The summed E-state index contributed by atoms with van der Waals surface area (Å²) >= 11 is 0. The Morgan fingerprint density at radius 3 is 2.53 bits per heavy atom. The van der Waals surface area contributed by atoms with E-state index < -0.39 is 5.82 Å². The number of allylic oxidation sites excluding steroid dienone is 1. The Hall–Kier alpha value is -2.37. The van der Waals surface area contributed by atoms with E-state index in [1.165, 1.54) is 28.9 Å². The molecule has 0 unspecified atom stereocenters. The second-order valence-corrected chi connectivity index (χ2v) is 3.44. The molecule has 0 aliphatic rings. The molecule has 0 bridgehead atoms. The van der Waals surface area contributed by atoms with Gasteiger partial charge in [-0.2, -0.15) is 0 Å². The van der Waals surface area contributed by atoms with Crippen LogP contribution >= 0.6 is 0 Å². The second-order valence-electron chi connectivity index (χ2n) is 3.44. The van der Waals surface area contributed by atoms with E-state index in [1.807, 2.05) is 0 Å². The van der Waals surface area contributed by atoms with Crippen LogP contribution in [0.3, 0.4) is 0 Å². The number of aryl methyl sites for hydroxylation is 1. The third kappa shape index (κ3) is 2.10. The first-order valence-corrected chi connectivity index (χ1v) is 4.81. The predicted molar refractivity (Wildman–Crippen MR) is 58.6 cm³/mol. The van der Waals surface area contributed by atoms with Crippen molar-refractivity contribution in [1.29, 1.82) is 0 Å².